The Hall–Kier alpha value is -1.88. The SMILES string of the molecule is Cc1cccc(OCCc2nc(C3CCCNC3)no2)c1. The van der Waals surface area contributed by atoms with Gasteiger partial charge in [0.05, 0.1) is 13.0 Å². The highest BCUT2D eigenvalue weighted by Gasteiger charge is 2.20. The summed E-state index contributed by atoms with van der Waals surface area (Å²) in [5, 5.41) is 7.46. The molecule has 1 fully saturated rings. The predicted molar refractivity (Wildman–Crippen MR) is 79.5 cm³/mol. The molecule has 112 valence electrons. The number of aryl methyl sites for hydroxylation is 1. The molecule has 1 aliphatic rings. The highest BCUT2D eigenvalue weighted by atomic mass is 16.5. The van der Waals surface area contributed by atoms with Crippen LogP contribution in [0.3, 0.4) is 0 Å². The van der Waals surface area contributed by atoms with E-state index in [0.29, 0.717) is 24.8 Å². The molecular formula is C16H21N3O2. The monoisotopic (exact) mass is 287 g/mol. The number of nitrogens with one attached hydrogen (secondary N) is 1. The lowest BCUT2D eigenvalue weighted by Gasteiger charge is -2.19. The van der Waals surface area contributed by atoms with E-state index in [9.17, 15) is 0 Å². The summed E-state index contributed by atoms with van der Waals surface area (Å²) in [5.74, 6) is 2.75. The topological polar surface area (TPSA) is 60.2 Å². The third-order valence-corrected chi connectivity index (χ3v) is 3.72. The zero-order valence-corrected chi connectivity index (χ0v) is 12.3. The molecule has 2 aromatic rings. The molecule has 3 rings (SSSR count). The lowest BCUT2D eigenvalue weighted by atomic mass is 9.99. The molecule has 0 bridgehead atoms. The van der Waals surface area contributed by atoms with Crippen molar-refractivity contribution in [1.29, 1.82) is 0 Å². The molecule has 1 unspecified atom stereocenters. The normalized spacial score (nSPS) is 18.6. The molecule has 1 N–H and O–H groups in total. The van der Waals surface area contributed by atoms with E-state index in [-0.39, 0.29) is 0 Å². The highest BCUT2D eigenvalue weighted by Crippen LogP contribution is 2.20. The zero-order chi connectivity index (χ0) is 14.5. The fourth-order valence-electron chi connectivity index (χ4n) is 2.57. The van der Waals surface area contributed by atoms with Crippen LogP contribution in [0, 0.1) is 6.92 Å². The molecule has 21 heavy (non-hydrogen) atoms. The highest BCUT2D eigenvalue weighted by molar-refractivity contribution is 5.27. The number of aromatic nitrogens is 2. The Kier molecular flexibility index (Phi) is 4.50. The number of ether oxygens (including phenoxy) is 1. The van der Waals surface area contributed by atoms with Gasteiger partial charge in [0.1, 0.15) is 5.75 Å². The molecular weight excluding hydrogens is 266 g/mol. The van der Waals surface area contributed by atoms with Gasteiger partial charge in [-0.15, -0.1) is 0 Å². The lowest BCUT2D eigenvalue weighted by Crippen LogP contribution is -2.28. The molecule has 1 aromatic heterocycles. The summed E-state index contributed by atoms with van der Waals surface area (Å²) < 4.78 is 11.0. The summed E-state index contributed by atoms with van der Waals surface area (Å²) >= 11 is 0. The van der Waals surface area contributed by atoms with E-state index in [0.717, 1.165) is 31.1 Å². The fraction of sp³-hybridized carbons (Fsp3) is 0.500. The summed E-state index contributed by atoms with van der Waals surface area (Å²) in [6.07, 6.45) is 2.94. The van der Waals surface area contributed by atoms with Gasteiger partial charge < -0.3 is 14.6 Å². The van der Waals surface area contributed by atoms with Crippen molar-refractivity contribution in [2.24, 2.45) is 0 Å². The maximum atomic E-state index is 5.71. The maximum absolute atomic E-state index is 5.71. The molecule has 0 radical (unpaired) electrons. The van der Waals surface area contributed by atoms with Crippen LogP contribution in [0.5, 0.6) is 5.75 Å². The summed E-state index contributed by atoms with van der Waals surface area (Å²) in [6.45, 7) is 4.63. The Morgan fingerprint density at radius 3 is 3.19 bits per heavy atom. The van der Waals surface area contributed by atoms with E-state index in [1.54, 1.807) is 0 Å². The van der Waals surface area contributed by atoms with Crippen molar-refractivity contribution in [2.45, 2.75) is 32.1 Å². The third kappa shape index (κ3) is 3.82. The lowest BCUT2D eigenvalue weighted by molar-refractivity contribution is 0.291. The van der Waals surface area contributed by atoms with Crippen LogP contribution in [-0.4, -0.2) is 29.8 Å². The first-order valence-electron chi connectivity index (χ1n) is 7.54. The van der Waals surface area contributed by atoms with Gasteiger partial charge in [0.2, 0.25) is 5.89 Å². The fourth-order valence-corrected chi connectivity index (χ4v) is 2.57. The molecule has 0 saturated carbocycles. The molecule has 0 aliphatic carbocycles. The minimum absolute atomic E-state index is 0.383. The summed E-state index contributed by atoms with van der Waals surface area (Å²) in [7, 11) is 0. The number of benzene rings is 1. The van der Waals surface area contributed by atoms with Crippen LogP contribution in [0.15, 0.2) is 28.8 Å². The Bertz CT molecular complexity index is 576. The van der Waals surface area contributed by atoms with E-state index in [2.05, 4.69) is 28.4 Å². The Morgan fingerprint density at radius 1 is 1.43 bits per heavy atom. The first kappa shape index (κ1) is 14.1. The van der Waals surface area contributed by atoms with Crippen LogP contribution in [0.1, 0.15) is 36.0 Å². The van der Waals surface area contributed by atoms with Crippen LogP contribution in [0.2, 0.25) is 0 Å². The largest absolute Gasteiger partial charge is 0.493 e. The summed E-state index contributed by atoms with van der Waals surface area (Å²) in [5.41, 5.74) is 1.19. The molecule has 0 spiro atoms. The van der Waals surface area contributed by atoms with E-state index in [4.69, 9.17) is 9.26 Å². The Labute approximate surface area is 124 Å². The first-order valence-corrected chi connectivity index (χ1v) is 7.54. The predicted octanol–water partition coefficient (Wildman–Crippen LogP) is 2.47. The minimum atomic E-state index is 0.383. The van der Waals surface area contributed by atoms with Gasteiger partial charge in [0, 0.05) is 12.5 Å². The Balaban J connectivity index is 1.50. The average molecular weight is 287 g/mol. The number of hydrogen-bond donors (Lipinski definition) is 1. The van der Waals surface area contributed by atoms with Crippen molar-refractivity contribution in [2.75, 3.05) is 19.7 Å². The number of piperidine rings is 1. The Morgan fingerprint density at radius 2 is 2.38 bits per heavy atom. The molecule has 5 heteroatoms. The van der Waals surface area contributed by atoms with Crippen molar-refractivity contribution in [3.63, 3.8) is 0 Å². The van der Waals surface area contributed by atoms with Gasteiger partial charge in [-0.1, -0.05) is 17.3 Å². The molecule has 2 heterocycles. The van der Waals surface area contributed by atoms with Crippen molar-refractivity contribution in [1.82, 2.24) is 15.5 Å². The smallest absolute Gasteiger partial charge is 0.230 e. The van der Waals surface area contributed by atoms with Crippen LogP contribution >= 0.6 is 0 Å². The van der Waals surface area contributed by atoms with Gasteiger partial charge in [-0.2, -0.15) is 4.98 Å². The van der Waals surface area contributed by atoms with Gasteiger partial charge in [-0.25, -0.2) is 0 Å². The molecule has 1 aliphatic heterocycles. The molecule has 1 saturated heterocycles. The van der Waals surface area contributed by atoms with Crippen LogP contribution in [0.4, 0.5) is 0 Å². The van der Waals surface area contributed by atoms with Crippen LogP contribution in [-0.2, 0) is 6.42 Å². The van der Waals surface area contributed by atoms with Gasteiger partial charge in [0.15, 0.2) is 5.82 Å². The molecule has 1 aromatic carbocycles. The van der Waals surface area contributed by atoms with Gasteiger partial charge in [-0.05, 0) is 44.0 Å². The average Bonchev–Trinajstić information content (AvgIpc) is 2.97. The van der Waals surface area contributed by atoms with Crippen molar-refractivity contribution < 1.29 is 9.26 Å². The van der Waals surface area contributed by atoms with E-state index in [1.165, 1.54) is 12.0 Å². The maximum Gasteiger partial charge on any atom is 0.230 e. The van der Waals surface area contributed by atoms with Gasteiger partial charge in [-0.3, -0.25) is 0 Å². The molecule has 1 atom stereocenters. The van der Waals surface area contributed by atoms with Crippen LogP contribution < -0.4 is 10.1 Å². The number of hydrogen-bond acceptors (Lipinski definition) is 5. The number of nitrogens with zero attached hydrogens (tertiary/aromatic N) is 2. The number of rotatable bonds is 5. The van der Waals surface area contributed by atoms with Crippen LogP contribution in [0.25, 0.3) is 0 Å². The zero-order valence-electron chi connectivity index (χ0n) is 12.3. The van der Waals surface area contributed by atoms with E-state index in [1.807, 2.05) is 18.2 Å². The third-order valence-electron chi connectivity index (χ3n) is 3.72. The quantitative estimate of drug-likeness (QED) is 0.915. The molecule has 5 nitrogen and oxygen atoms in total. The minimum Gasteiger partial charge on any atom is -0.493 e. The standard InChI is InChI=1S/C16H21N3O2/c1-12-4-2-6-14(10-12)20-9-7-15-18-16(19-21-15)13-5-3-8-17-11-13/h2,4,6,10,13,17H,3,5,7-9,11H2,1H3. The summed E-state index contributed by atoms with van der Waals surface area (Å²) in [4.78, 5) is 4.48. The van der Waals surface area contributed by atoms with Gasteiger partial charge in [0.25, 0.3) is 0 Å². The van der Waals surface area contributed by atoms with Crippen molar-refractivity contribution in [3.8, 4) is 5.75 Å². The van der Waals surface area contributed by atoms with E-state index < -0.39 is 0 Å². The van der Waals surface area contributed by atoms with Crippen molar-refractivity contribution in [3.05, 3.63) is 41.5 Å². The van der Waals surface area contributed by atoms with E-state index >= 15 is 0 Å². The first-order chi connectivity index (χ1) is 10.3. The van der Waals surface area contributed by atoms with Gasteiger partial charge >= 0.3 is 0 Å². The van der Waals surface area contributed by atoms with Crippen molar-refractivity contribution >= 4 is 0 Å². The second kappa shape index (κ2) is 6.72. The second-order valence-electron chi connectivity index (χ2n) is 5.50. The summed E-state index contributed by atoms with van der Waals surface area (Å²) in [6, 6.07) is 8.02. The second-order valence-corrected chi connectivity index (χ2v) is 5.50. The molecule has 0 amide bonds.